The van der Waals surface area contributed by atoms with E-state index < -0.39 is 0 Å². The molecule has 0 aromatic heterocycles. The van der Waals surface area contributed by atoms with Crippen molar-refractivity contribution >= 4 is 11.8 Å². The van der Waals surface area contributed by atoms with Crippen molar-refractivity contribution in [3.05, 3.63) is 30.3 Å². The summed E-state index contributed by atoms with van der Waals surface area (Å²) in [7, 11) is 3.09. The summed E-state index contributed by atoms with van der Waals surface area (Å²) in [6.45, 7) is -0.0367. The Bertz CT molecular complexity index is 379. The summed E-state index contributed by atoms with van der Waals surface area (Å²) in [5.74, 6) is 0.187. The van der Waals surface area contributed by atoms with Gasteiger partial charge in [-0.05, 0) is 12.1 Å². The van der Waals surface area contributed by atoms with Gasteiger partial charge in [-0.2, -0.15) is 0 Å². The number of para-hydroxylation sites is 1. The van der Waals surface area contributed by atoms with E-state index in [1.165, 1.54) is 11.9 Å². The van der Waals surface area contributed by atoms with Crippen molar-refractivity contribution in [2.24, 2.45) is 0 Å². The molecule has 0 heterocycles. The van der Waals surface area contributed by atoms with Gasteiger partial charge in [0.15, 0.2) is 6.61 Å². The standard InChI is InChI=1S/C12H16N2O3/c1-13-11(15)8-14(2)12(16)9-17-10-6-4-3-5-7-10/h3-7H,8-9H2,1-2H3,(H,13,15). The first-order chi connectivity index (χ1) is 8.13. The number of benzene rings is 1. The molecule has 92 valence electrons. The molecule has 1 N–H and O–H groups in total. The molecule has 17 heavy (non-hydrogen) atoms. The molecule has 0 aliphatic rings. The van der Waals surface area contributed by atoms with Crippen molar-refractivity contribution in [2.75, 3.05) is 27.2 Å². The zero-order valence-corrected chi connectivity index (χ0v) is 9.97. The molecule has 1 rings (SSSR count). The summed E-state index contributed by atoms with van der Waals surface area (Å²) in [4.78, 5) is 24.0. The Balaban J connectivity index is 2.37. The fraction of sp³-hybridized carbons (Fsp3) is 0.333. The van der Waals surface area contributed by atoms with Gasteiger partial charge in [0.2, 0.25) is 5.91 Å². The van der Waals surface area contributed by atoms with Gasteiger partial charge in [-0.3, -0.25) is 9.59 Å². The van der Waals surface area contributed by atoms with Gasteiger partial charge in [0, 0.05) is 14.1 Å². The predicted octanol–water partition coefficient (Wildman–Crippen LogP) is 0.270. The van der Waals surface area contributed by atoms with Gasteiger partial charge in [0.1, 0.15) is 5.75 Å². The topological polar surface area (TPSA) is 58.6 Å². The summed E-state index contributed by atoms with van der Waals surface area (Å²) >= 11 is 0. The Morgan fingerprint density at radius 1 is 1.29 bits per heavy atom. The van der Waals surface area contributed by atoms with E-state index in [9.17, 15) is 9.59 Å². The van der Waals surface area contributed by atoms with E-state index in [1.54, 1.807) is 19.2 Å². The molecule has 0 aliphatic carbocycles. The molecule has 0 radical (unpaired) electrons. The molecule has 0 fully saturated rings. The number of ether oxygens (including phenoxy) is 1. The quantitative estimate of drug-likeness (QED) is 0.798. The summed E-state index contributed by atoms with van der Waals surface area (Å²) in [5.41, 5.74) is 0. The van der Waals surface area contributed by atoms with Crippen LogP contribution in [-0.2, 0) is 9.59 Å². The van der Waals surface area contributed by atoms with E-state index in [0.717, 1.165) is 0 Å². The van der Waals surface area contributed by atoms with Crippen LogP contribution in [0.15, 0.2) is 30.3 Å². The van der Waals surface area contributed by atoms with Crippen molar-refractivity contribution in [1.29, 1.82) is 0 Å². The fourth-order valence-electron chi connectivity index (χ4n) is 1.15. The number of hydrogen-bond donors (Lipinski definition) is 1. The van der Waals surface area contributed by atoms with Crippen LogP contribution in [0.3, 0.4) is 0 Å². The average molecular weight is 236 g/mol. The smallest absolute Gasteiger partial charge is 0.260 e. The van der Waals surface area contributed by atoms with E-state index in [0.29, 0.717) is 5.75 Å². The van der Waals surface area contributed by atoms with Gasteiger partial charge in [-0.1, -0.05) is 18.2 Å². The van der Waals surface area contributed by atoms with Crippen molar-refractivity contribution in [3.63, 3.8) is 0 Å². The minimum Gasteiger partial charge on any atom is -0.484 e. The number of carbonyl (C=O) groups is 2. The first kappa shape index (κ1) is 13.0. The van der Waals surface area contributed by atoms with Gasteiger partial charge in [-0.15, -0.1) is 0 Å². The number of carbonyl (C=O) groups excluding carboxylic acids is 2. The number of likely N-dealkylation sites (N-methyl/N-ethyl adjacent to an activating group) is 2. The highest BCUT2D eigenvalue weighted by Crippen LogP contribution is 2.07. The average Bonchev–Trinajstić information content (AvgIpc) is 2.36. The van der Waals surface area contributed by atoms with Gasteiger partial charge in [-0.25, -0.2) is 0 Å². The van der Waals surface area contributed by atoms with Crippen LogP contribution in [0.2, 0.25) is 0 Å². The number of amides is 2. The van der Waals surface area contributed by atoms with Crippen molar-refractivity contribution < 1.29 is 14.3 Å². The van der Waals surface area contributed by atoms with Crippen LogP contribution in [-0.4, -0.2) is 44.0 Å². The Labute approximate surface area is 100 Å². The Kier molecular flexibility index (Phi) is 5.00. The second-order valence-corrected chi connectivity index (χ2v) is 3.52. The highest BCUT2D eigenvalue weighted by atomic mass is 16.5. The van der Waals surface area contributed by atoms with Crippen molar-refractivity contribution in [1.82, 2.24) is 10.2 Å². The lowest BCUT2D eigenvalue weighted by Crippen LogP contribution is -2.39. The molecule has 1 aromatic rings. The Morgan fingerprint density at radius 2 is 1.94 bits per heavy atom. The van der Waals surface area contributed by atoms with Crippen LogP contribution in [0.1, 0.15) is 0 Å². The van der Waals surface area contributed by atoms with Gasteiger partial charge in [0.05, 0.1) is 6.54 Å². The third kappa shape index (κ3) is 4.55. The molecule has 5 nitrogen and oxygen atoms in total. The zero-order valence-electron chi connectivity index (χ0n) is 9.97. The summed E-state index contributed by atoms with van der Waals surface area (Å²) in [6.07, 6.45) is 0. The molecule has 0 unspecified atom stereocenters. The van der Waals surface area contributed by atoms with E-state index in [1.807, 2.05) is 18.2 Å². The third-order valence-electron chi connectivity index (χ3n) is 2.19. The van der Waals surface area contributed by atoms with E-state index >= 15 is 0 Å². The van der Waals surface area contributed by atoms with Crippen LogP contribution in [0.4, 0.5) is 0 Å². The molecule has 0 aliphatic heterocycles. The zero-order chi connectivity index (χ0) is 12.7. The number of nitrogens with zero attached hydrogens (tertiary/aromatic N) is 1. The minimum atomic E-state index is -0.238. The Hall–Kier alpha value is -2.04. The molecule has 0 bridgehead atoms. The second-order valence-electron chi connectivity index (χ2n) is 3.52. The molecule has 0 spiro atoms. The molecule has 0 saturated carbocycles. The summed E-state index contributed by atoms with van der Waals surface area (Å²) in [5, 5.41) is 2.45. The van der Waals surface area contributed by atoms with Crippen LogP contribution in [0.5, 0.6) is 5.75 Å². The molecular formula is C12H16N2O3. The van der Waals surface area contributed by atoms with Gasteiger partial charge >= 0.3 is 0 Å². The second kappa shape index (κ2) is 6.52. The highest BCUT2D eigenvalue weighted by Gasteiger charge is 2.12. The first-order valence-corrected chi connectivity index (χ1v) is 5.26. The lowest BCUT2D eigenvalue weighted by atomic mass is 10.3. The first-order valence-electron chi connectivity index (χ1n) is 5.26. The van der Waals surface area contributed by atoms with Crippen molar-refractivity contribution in [3.8, 4) is 5.75 Å². The van der Waals surface area contributed by atoms with Gasteiger partial charge < -0.3 is 15.0 Å². The van der Waals surface area contributed by atoms with Crippen LogP contribution in [0.25, 0.3) is 0 Å². The predicted molar refractivity (Wildman–Crippen MR) is 63.6 cm³/mol. The van der Waals surface area contributed by atoms with E-state index in [2.05, 4.69) is 5.32 Å². The largest absolute Gasteiger partial charge is 0.484 e. The van der Waals surface area contributed by atoms with Crippen LogP contribution < -0.4 is 10.1 Å². The third-order valence-corrected chi connectivity index (χ3v) is 2.19. The normalized spacial score (nSPS) is 9.53. The maximum absolute atomic E-state index is 11.6. The number of hydrogen-bond acceptors (Lipinski definition) is 3. The highest BCUT2D eigenvalue weighted by molar-refractivity contribution is 5.85. The minimum absolute atomic E-state index is 0.0352. The maximum atomic E-state index is 11.6. The SMILES string of the molecule is CNC(=O)CN(C)C(=O)COc1ccccc1. The lowest BCUT2D eigenvalue weighted by Gasteiger charge is -2.16. The summed E-state index contributed by atoms with van der Waals surface area (Å²) in [6, 6.07) is 9.06. The molecule has 1 aromatic carbocycles. The summed E-state index contributed by atoms with van der Waals surface area (Å²) < 4.78 is 5.28. The van der Waals surface area contributed by atoms with Crippen LogP contribution >= 0.6 is 0 Å². The van der Waals surface area contributed by atoms with Crippen molar-refractivity contribution in [2.45, 2.75) is 0 Å². The maximum Gasteiger partial charge on any atom is 0.260 e. The lowest BCUT2D eigenvalue weighted by molar-refractivity contribution is -0.136. The Morgan fingerprint density at radius 3 is 2.53 bits per heavy atom. The molecular weight excluding hydrogens is 220 g/mol. The van der Waals surface area contributed by atoms with E-state index in [4.69, 9.17) is 4.74 Å². The number of rotatable bonds is 5. The monoisotopic (exact) mass is 236 g/mol. The fourth-order valence-corrected chi connectivity index (χ4v) is 1.15. The van der Waals surface area contributed by atoms with E-state index in [-0.39, 0.29) is 25.0 Å². The van der Waals surface area contributed by atoms with Crippen LogP contribution in [0, 0.1) is 0 Å². The van der Waals surface area contributed by atoms with Gasteiger partial charge in [0.25, 0.3) is 5.91 Å². The molecule has 0 atom stereocenters. The molecule has 5 heteroatoms. The molecule has 2 amide bonds. The molecule has 0 saturated heterocycles. The number of nitrogens with one attached hydrogen (secondary N) is 1.